The van der Waals surface area contributed by atoms with Gasteiger partial charge in [0, 0.05) is 30.2 Å². The molecular formula is C28H28ClN7O2. The number of ether oxygens (including phenoxy) is 1. The normalized spacial score (nSPS) is 13.2. The molecule has 3 heterocycles. The summed E-state index contributed by atoms with van der Waals surface area (Å²) in [5.41, 5.74) is 2.26. The van der Waals surface area contributed by atoms with Crippen LogP contribution in [0.4, 0.5) is 28.8 Å². The predicted octanol–water partition coefficient (Wildman–Crippen LogP) is 5.74. The first-order valence-electron chi connectivity index (χ1n) is 12.5. The maximum Gasteiger partial charge on any atom is 0.257 e. The van der Waals surface area contributed by atoms with Crippen molar-refractivity contribution in [3.63, 3.8) is 0 Å². The maximum absolute atomic E-state index is 12.9. The molecule has 0 spiro atoms. The van der Waals surface area contributed by atoms with Crippen LogP contribution in [-0.4, -0.2) is 52.0 Å². The van der Waals surface area contributed by atoms with Gasteiger partial charge in [-0.3, -0.25) is 9.69 Å². The van der Waals surface area contributed by atoms with Crippen LogP contribution >= 0.6 is 11.6 Å². The molecule has 1 amide bonds. The lowest BCUT2D eigenvalue weighted by molar-refractivity contribution is 0.102. The molecule has 2 aromatic carbocycles. The zero-order chi connectivity index (χ0) is 26.2. The second-order valence-corrected chi connectivity index (χ2v) is 9.24. The van der Waals surface area contributed by atoms with Crippen molar-refractivity contribution in [1.82, 2.24) is 19.9 Å². The molecule has 10 heteroatoms. The highest BCUT2D eigenvalue weighted by atomic mass is 35.5. The van der Waals surface area contributed by atoms with E-state index in [4.69, 9.17) is 16.3 Å². The van der Waals surface area contributed by atoms with E-state index in [1.807, 2.05) is 42.5 Å². The minimum absolute atomic E-state index is 0.316. The average molecular weight is 530 g/mol. The molecule has 1 saturated heterocycles. The molecule has 1 aliphatic rings. The molecule has 2 aromatic heterocycles. The number of pyridine rings is 1. The van der Waals surface area contributed by atoms with Crippen LogP contribution in [0.3, 0.4) is 0 Å². The molecule has 1 fully saturated rings. The zero-order valence-electron chi connectivity index (χ0n) is 20.7. The molecular weight excluding hydrogens is 502 g/mol. The molecule has 194 valence electrons. The molecule has 0 aliphatic carbocycles. The Labute approximate surface area is 226 Å². The van der Waals surface area contributed by atoms with Crippen LogP contribution < -0.4 is 20.7 Å². The molecule has 3 N–H and O–H groups in total. The first-order valence-corrected chi connectivity index (χ1v) is 12.8. The Morgan fingerprint density at radius 3 is 2.50 bits per heavy atom. The summed E-state index contributed by atoms with van der Waals surface area (Å²) in [4.78, 5) is 28.2. The number of anilines is 5. The van der Waals surface area contributed by atoms with E-state index in [2.05, 4.69) is 35.8 Å². The summed E-state index contributed by atoms with van der Waals surface area (Å²) < 4.78 is 5.91. The maximum atomic E-state index is 12.9. The Morgan fingerprint density at radius 2 is 1.71 bits per heavy atom. The summed E-state index contributed by atoms with van der Waals surface area (Å²) in [5, 5.41) is 9.44. The fraction of sp³-hybridized carbons (Fsp3) is 0.214. The smallest absolute Gasteiger partial charge is 0.257 e. The first-order chi connectivity index (χ1) is 18.6. The van der Waals surface area contributed by atoms with Gasteiger partial charge in [0.25, 0.3) is 5.91 Å². The highest BCUT2D eigenvalue weighted by Crippen LogP contribution is 2.24. The Morgan fingerprint density at radius 1 is 0.895 bits per heavy atom. The zero-order valence-corrected chi connectivity index (χ0v) is 21.5. The third-order valence-electron chi connectivity index (χ3n) is 6.02. The summed E-state index contributed by atoms with van der Waals surface area (Å²) in [5.74, 6) is 1.48. The largest absolute Gasteiger partial charge is 0.492 e. The van der Waals surface area contributed by atoms with Gasteiger partial charge < -0.3 is 20.7 Å². The van der Waals surface area contributed by atoms with Crippen LogP contribution in [0.15, 0.2) is 79.3 Å². The molecule has 0 radical (unpaired) electrons. The SMILES string of the molecule is O=C(Nc1cnc(Nc2cccc(OCCN3CCCC3)c2)nc1)c1cc(Nc2ccccn2)ccc1Cl. The van der Waals surface area contributed by atoms with Crippen LogP contribution in [-0.2, 0) is 0 Å². The van der Waals surface area contributed by atoms with Gasteiger partial charge in [0.05, 0.1) is 28.7 Å². The summed E-state index contributed by atoms with van der Waals surface area (Å²) in [7, 11) is 0. The van der Waals surface area contributed by atoms with Gasteiger partial charge in [-0.15, -0.1) is 0 Å². The number of aromatic nitrogens is 3. The van der Waals surface area contributed by atoms with Gasteiger partial charge in [-0.2, -0.15) is 0 Å². The third-order valence-corrected chi connectivity index (χ3v) is 6.35. The van der Waals surface area contributed by atoms with Crippen LogP contribution in [0.1, 0.15) is 23.2 Å². The lowest BCUT2D eigenvalue weighted by Gasteiger charge is -2.15. The summed E-state index contributed by atoms with van der Waals surface area (Å²) in [6.07, 6.45) is 7.30. The topological polar surface area (TPSA) is 104 Å². The van der Waals surface area contributed by atoms with E-state index in [1.165, 1.54) is 25.2 Å². The van der Waals surface area contributed by atoms with Crippen molar-refractivity contribution in [3.05, 3.63) is 89.8 Å². The first kappa shape index (κ1) is 25.4. The van der Waals surface area contributed by atoms with Gasteiger partial charge in [0.1, 0.15) is 18.2 Å². The number of hydrogen-bond acceptors (Lipinski definition) is 8. The summed E-state index contributed by atoms with van der Waals surface area (Å²) in [6, 6.07) is 18.3. The van der Waals surface area contributed by atoms with Crippen LogP contribution in [0, 0.1) is 0 Å². The van der Waals surface area contributed by atoms with Gasteiger partial charge in [-0.1, -0.05) is 23.7 Å². The van der Waals surface area contributed by atoms with E-state index >= 15 is 0 Å². The molecule has 0 saturated carbocycles. The van der Waals surface area contributed by atoms with Gasteiger partial charge >= 0.3 is 0 Å². The second kappa shape index (κ2) is 12.4. The van der Waals surface area contributed by atoms with Crippen molar-refractivity contribution < 1.29 is 9.53 Å². The van der Waals surface area contributed by atoms with Gasteiger partial charge in [-0.05, 0) is 68.4 Å². The predicted molar refractivity (Wildman–Crippen MR) is 150 cm³/mol. The fourth-order valence-corrected chi connectivity index (χ4v) is 4.31. The molecule has 5 rings (SSSR count). The van der Waals surface area contributed by atoms with Crippen molar-refractivity contribution in [2.24, 2.45) is 0 Å². The number of hydrogen-bond donors (Lipinski definition) is 3. The Bertz CT molecular complexity index is 1360. The van der Waals surface area contributed by atoms with Crippen molar-refractivity contribution in [3.8, 4) is 5.75 Å². The number of likely N-dealkylation sites (tertiary alicyclic amines) is 1. The van der Waals surface area contributed by atoms with Gasteiger partial charge in [-0.25, -0.2) is 15.0 Å². The molecule has 0 atom stereocenters. The standard InChI is InChI=1S/C28H28ClN7O2/c29-25-10-9-21(33-26-8-1-2-11-30-26)17-24(25)27(37)34-22-18-31-28(32-19-22)35-20-6-5-7-23(16-20)38-15-14-36-12-3-4-13-36/h1-2,5-11,16-19H,3-4,12-15H2,(H,30,33)(H,34,37)(H,31,32,35). The summed E-state index contributed by atoms with van der Waals surface area (Å²) >= 11 is 6.30. The molecule has 38 heavy (non-hydrogen) atoms. The minimum atomic E-state index is -0.372. The number of benzene rings is 2. The van der Waals surface area contributed by atoms with Crippen LogP contribution in [0.5, 0.6) is 5.75 Å². The molecule has 1 aliphatic heterocycles. The molecule has 4 aromatic rings. The lowest BCUT2D eigenvalue weighted by Crippen LogP contribution is -2.25. The Kier molecular flexibility index (Phi) is 8.27. The third kappa shape index (κ3) is 6.96. The van der Waals surface area contributed by atoms with Crippen LogP contribution in [0.2, 0.25) is 5.02 Å². The quantitative estimate of drug-likeness (QED) is 0.239. The molecule has 9 nitrogen and oxygen atoms in total. The van der Waals surface area contributed by atoms with Crippen molar-refractivity contribution in [2.45, 2.75) is 12.8 Å². The highest BCUT2D eigenvalue weighted by Gasteiger charge is 2.13. The number of nitrogens with zero attached hydrogens (tertiary/aromatic N) is 4. The van der Waals surface area contributed by atoms with Crippen LogP contribution in [0.25, 0.3) is 0 Å². The Hall–Kier alpha value is -4.21. The van der Waals surface area contributed by atoms with E-state index in [9.17, 15) is 4.79 Å². The number of amides is 1. The van der Waals surface area contributed by atoms with E-state index < -0.39 is 0 Å². The molecule has 0 unspecified atom stereocenters. The minimum Gasteiger partial charge on any atom is -0.492 e. The average Bonchev–Trinajstić information content (AvgIpc) is 3.45. The van der Waals surface area contributed by atoms with Crippen molar-refractivity contribution in [1.29, 1.82) is 0 Å². The van der Waals surface area contributed by atoms with E-state index in [-0.39, 0.29) is 5.91 Å². The fourth-order valence-electron chi connectivity index (χ4n) is 4.11. The lowest BCUT2D eigenvalue weighted by atomic mass is 10.2. The number of carbonyl (C=O) groups is 1. The van der Waals surface area contributed by atoms with Gasteiger partial charge in [0.15, 0.2) is 0 Å². The number of rotatable bonds is 10. The Balaban J connectivity index is 1.17. The summed E-state index contributed by atoms with van der Waals surface area (Å²) in [6.45, 7) is 3.90. The monoisotopic (exact) mass is 529 g/mol. The second-order valence-electron chi connectivity index (χ2n) is 8.83. The number of carbonyl (C=O) groups excluding carboxylic acids is 1. The highest BCUT2D eigenvalue weighted by molar-refractivity contribution is 6.34. The number of halogens is 1. The van der Waals surface area contributed by atoms with E-state index in [0.29, 0.717) is 40.3 Å². The van der Waals surface area contributed by atoms with Crippen molar-refractivity contribution >= 4 is 46.3 Å². The van der Waals surface area contributed by atoms with Crippen molar-refractivity contribution in [2.75, 3.05) is 42.2 Å². The molecule has 0 bridgehead atoms. The van der Waals surface area contributed by atoms with E-state index in [0.717, 1.165) is 31.1 Å². The number of nitrogens with one attached hydrogen (secondary N) is 3. The van der Waals surface area contributed by atoms with Gasteiger partial charge in [0.2, 0.25) is 5.95 Å². The van der Waals surface area contributed by atoms with E-state index in [1.54, 1.807) is 24.4 Å².